The quantitative estimate of drug-likeness (QED) is 0.409. The van der Waals surface area contributed by atoms with Gasteiger partial charge in [-0.2, -0.15) is 0 Å². The Hall–Kier alpha value is -3.72. The molecule has 0 N–H and O–H groups in total. The Balaban J connectivity index is 1.63. The zero-order valence-electron chi connectivity index (χ0n) is 15.3. The second-order valence-corrected chi connectivity index (χ2v) is 6.82. The minimum absolute atomic E-state index is 0.0292. The lowest BCUT2D eigenvalue weighted by Gasteiger charge is -2.19. The molecule has 0 bridgehead atoms. The van der Waals surface area contributed by atoms with Crippen LogP contribution >= 0.6 is 0 Å². The summed E-state index contributed by atoms with van der Waals surface area (Å²) in [5.41, 5.74) is 6.73. The lowest BCUT2D eigenvalue weighted by Crippen LogP contribution is -2.14. The largest absolute Gasteiger partial charge is 0.233 e. The molecule has 0 saturated carbocycles. The molecule has 28 heavy (non-hydrogen) atoms. The standard InChI is InChI=1S/C25H19N3/c1-3-9-19(10-4-1)20-15-17-22(18-16-20)25(21-11-5-2-6-12-21)28-24-14-8-7-13-23(24)26-27-28/h1-18,25H/t25-/m1/s1. The van der Waals surface area contributed by atoms with Gasteiger partial charge in [-0.25, -0.2) is 4.68 Å². The van der Waals surface area contributed by atoms with Crippen LogP contribution in [0.25, 0.3) is 22.2 Å². The summed E-state index contributed by atoms with van der Waals surface area (Å²) >= 11 is 0. The van der Waals surface area contributed by atoms with Crippen LogP contribution in [0, 0.1) is 0 Å². The third-order valence-electron chi connectivity index (χ3n) is 5.07. The molecule has 0 aliphatic heterocycles. The maximum absolute atomic E-state index is 4.50. The lowest BCUT2D eigenvalue weighted by molar-refractivity contribution is 0.589. The zero-order valence-corrected chi connectivity index (χ0v) is 15.3. The molecule has 1 aromatic heterocycles. The molecule has 0 spiro atoms. The number of fused-ring (bicyclic) bond motifs is 1. The number of hydrogen-bond acceptors (Lipinski definition) is 2. The molecular formula is C25H19N3. The van der Waals surface area contributed by atoms with E-state index in [1.807, 2.05) is 35.0 Å². The Bertz CT molecular complexity index is 1190. The zero-order chi connectivity index (χ0) is 18.8. The van der Waals surface area contributed by atoms with Crippen molar-refractivity contribution in [2.24, 2.45) is 0 Å². The van der Waals surface area contributed by atoms with E-state index in [-0.39, 0.29) is 6.04 Å². The molecule has 0 unspecified atom stereocenters. The highest BCUT2D eigenvalue weighted by Crippen LogP contribution is 2.30. The van der Waals surface area contributed by atoms with Crippen LogP contribution in [0.4, 0.5) is 0 Å². The fraction of sp³-hybridized carbons (Fsp3) is 0.0400. The van der Waals surface area contributed by atoms with E-state index < -0.39 is 0 Å². The molecule has 1 atom stereocenters. The van der Waals surface area contributed by atoms with Crippen LogP contribution in [-0.4, -0.2) is 15.0 Å². The van der Waals surface area contributed by atoms with E-state index in [2.05, 4.69) is 89.2 Å². The van der Waals surface area contributed by atoms with Crippen molar-refractivity contribution in [3.8, 4) is 11.1 Å². The molecule has 134 valence electrons. The molecule has 0 aliphatic rings. The van der Waals surface area contributed by atoms with Crippen molar-refractivity contribution in [3.63, 3.8) is 0 Å². The number of nitrogens with zero attached hydrogens (tertiary/aromatic N) is 3. The van der Waals surface area contributed by atoms with Gasteiger partial charge in [-0.1, -0.05) is 102 Å². The molecule has 4 aromatic carbocycles. The van der Waals surface area contributed by atoms with Gasteiger partial charge in [-0.3, -0.25) is 0 Å². The second-order valence-electron chi connectivity index (χ2n) is 6.82. The van der Waals surface area contributed by atoms with E-state index in [1.165, 1.54) is 22.3 Å². The number of rotatable bonds is 4. The fourth-order valence-electron chi connectivity index (χ4n) is 3.68. The van der Waals surface area contributed by atoms with Crippen molar-refractivity contribution < 1.29 is 0 Å². The van der Waals surface area contributed by atoms with Crippen molar-refractivity contribution in [2.75, 3.05) is 0 Å². The number of para-hydroxylation sites is 1. The van der Waals surface area contributed by atoms with Gasteiger partial charge in [-0.15, -0.1) is 5.10 Å². The summed E-state index contributed by atoms with van der Waals surface area (Å²) in [5, 5.41) is 8.86. The maximum atomic E-state index is 4.50. The summed E-state index contributed by atoms with van der Waals surface area (Å²) < 4.78 is 2.02. The van der Waals surface area contributed by atoms with Gasteiger partial charge in [0.1, 0.15) is 11.6 Å². The summed E-state index contributed by atoms with van der Waals surface area (Å²) in [7, 11) is 0. The van der Waals surface area contributed by atoms with Crippen molar-refractivity contribution in [3.05, 3.63) is 120 Å². The molecule has 5 rings (SSSR count). The highest BCUT2D eigenvalue weighted by atomic mass is 15.4. The van der Waals surface area contributed by atoms with Gasteiger partial charge in [0.05, 0.1) is 5.52 Å². The minimum atomic E-state index is -0.0292. The molecule has 3 heteroatoms. The van der Waals surface area contributed by atoms with Crippen molar-refractivity contribution in [2.45, 2.75) is 6.04 Å². The number of hydrogen-bond donors (Lipinski definition) is 0. The first kappa shape index (κ1) is 16.5. The summed E-state index contributed by atoms with van der Waals surface area (Å²) in [6, 6.07) is 37.7. The van der Waals surface area contributed by atoms with Crippen LogP contribution in [0.2, 0.25) is 0 Å². The monoisotopic (exact) mass is 361 g/mol. The van der Waals surface area contributed by atoms with E-state index in [0.717, 1.165) is 11.0 Å². The van der Waals surface area contributed by atoms with Gasteiger partial charge in [0, 0.05) is 0 Å². The topological polar surface area (TPSA) is 30.7 Å². The normalized spacial score (nSPS) is 12.1. The Morgan fingerprint density at radius 2 is 1.11 bits per heavy atom. The second kappa shape index (κ2) is 7.12. The van der Waals surface area contributed by atoms with Crippen molar-refractivity contribution in [1.82, 2.24) is 15.0 Å². The summed E-state index contributed by atoms with van der Waals surface area (Å²) in [4.78, 5) is 0. The molecule has 0 saturated heterocycles. The van der Waals surface area contributed by atoms with Crippen molar-refractivity contribution in [1.29, 1.82) is 0 Å². The smallest absolute Gasteiger partial charge is 0.113 e. The van der Waals surface area contributed by atoms with Gasteiger partial charge in [-0.05, 0) is 34.4 Å². The van der Waals surface area contributed by atoms with Crippen molar-refractivity contribution >= 4 is 11.0 Å². The van der Waals surface area contributed by atoms with Gasteiger partial charge in [0.2, 0.25) is 0 Å². The van der Waals surface area contributed by atoms with Gasteiger partial charge in [0.25, 0.3) is 0 Å². The first-order chi connectivity index (χ1) is 13.9. The molecule has 0 radical (unpaired) electrons. The molecule has 0 amide bonds. The van der Waals surface area contributed by atoms with E-state index in [9.17, 15) is 0 Å². The van der Waals surface area contributed by atoms with E-state index in [0.29, 0.717) is 0 Å². The lowest BCUT2D eigenvalue weighted by atomic mass is 9.96. The number of benzene rings is 4. The van der Waals surface area contributed by atoms with Gasteiger partial charge >= 0.3 is 0 Å². The number of aromatic nitrogens is 3. The third kappa shape index (κ3) is 2.97. The third-order valence-corrected chi connectivity index (χ3v) is 5.07. The highest BCUT2D eigenvalue weighted by molar-refractivity contribution is 5.74. The summed E-state index contributed by atoms with van der Waals surface area (Å²) in [6.07, 6.45) is 0. The predicted octanol–water partition coefficient (Wildman–Crippen LogP) is 5.74. The Morgan fingerprint density at radius 3 is 1.86 bits per heavy atom. The Kier molecular flexibility index (Phi) is 4.19. The molecular weight excluding hydrogens is 342 g/mol. The molecule has 1 heterocycles. The summed E-state index contributed by atoms with van der Waals surface area (Å²) in [6.45, 7) is 0. The van der Waals surface area contributed by atoms with Crippen LogP contribution in [0.3, 0.4) is 0 Å². The molecule has 0 aliphatic carbocycles. The van der Waals surface area contributed by atoms with Crippen LogP contribution in [-0.2, 0) is 0 Å². The average molecular weight is 361 g/mol. The van der Waals surface area contributed by atoms with Gasteiger partial charge in [0.15, 0.2) is 0 Å². The fourth-order valence-corrected chi connectivity index (χ4v) is 3.68. The first-order valence-electron chi connectivity index (χ1n) is 9.40. The molecule has 0 fully saturated rings. The Labute approximate surface area is 163 Å². The first-order valence-corrected chi connectivity index (χ1v) is 9.40. The average Bonchev–Trinajstić information content (AvgIpc) is 3.20. The Morgan fingerprint density at radius 1 is 0.536 bits per heavy atom. The van der Waals surface area contributed by atoms with E-state index in [1.54, 1.807) is 0 Å². The maximum Gasteiger partial charge on any atom is 0.113 e. The van der Waals surface area contributed by atoms with Crippen LogP contribution < -0.4 is 0 Å². The summed E-state index contributed by atoms with van der Waals surface area (Å²) in [5.74, 6) is 0. The molecule has 3 nitrogen and oxygen atoms in total. The highest BCUT2D eigenvalue weighted by Gasteiger charge is 2.20. The van der Waals surface area contributed by atoms with E-state index >= 15 is 0 Å². The van der Waals surface area contributed by atoms with Gasteiger partial charge < -0.3 is 0 Å². The van der Waals surface area contributed by atoms with Crippen LogP contribution in [0.15, 0.2) is 109 Å². The van der Waals surface area contributed by atoms with Crippen LogP contribution in [0.5, 0.6) is 0 Å². The van der Waals surface area contributed by atoms with E-state index in [4.69, 9.17) is 0 Å². The SMILES string of the molecule is c1ccc(-c2ccc([C@@H](c3ccccc3)n3nnc4ccccc43)cc2)cc1. The van der Waals surface area contributed by atoms with Crippen LogP contribution in [0.1, 0.15) is 17.2 Å². The molecule has 5 aromatic rings. The predicted molar refractivity (Wildman–Crippen MR) is 113 cm³/mol. The minimum Gasteiger partial charge on any atom is -0.233 e.